The molecule has 1 atom stereocenters. The largest absolute Gasteiger partial charge is 0.326 e. The summed E-state index contributed by atoms with van der Waals surface area (Å²) in [4.78, 5) is 25.7. The Balaban J connectivity index is 2.03. The summed E-state index contributed by atoms with van der Waals surface area (Å²) in [6.07, 6.45) is 3.13. The quantitative estimate of drug-likeness (QED) is 0.514. The fraction of sp³-hybridized carbons (Fsp3) is 0.391. The molecule has 0 bridgehead atoms. The van der Waals surface area contributed by atoms with Crippen LogP contribution in [0.15, 0.2) is 47.4 Å². The maximum atomic E-state index is 12.8. The van der Waals surface area contributed by atoms with Gasteiger partial charge in [-0.15, -0.1) is 11.8 Å². The van der Waals surface area contributed by atoms with E-state index in [9.17, 15) is 9.59 Å². The molecular weight excluding hydrogens is 368 g/mol. The number of thioether (sulfide) groups is 1. The zero-order valence-electron chi connectivity index (χ0n) is 17.2. The molecule has 0 aliphatic rings. The van der Waals surface area contributed by atoms with Gasteiger partial charge < -0.3 is 10.6 Å². The second kappa shape index (κ2) is 10.9. The molecule has 4 nitrogen and oxygen atoms in total. The van der Waals surface area contributed by atoms with E-state index in [1.807, 2.05) is 63.2 Å². The Morgan fingerprint density at radius 3 is 2.50 bits per heavy atom. The summed E-state index contributed by atoms with van der Waals surface area (Å²) < 4.78 is 0. The van der Waals surface area contributed by atoms with E-state index in [-0.39, 0.29) is 17.1 Å². The molecule has 5 heteroatoms. The van der Waals surface area contributed by atoms with E-state index in [1.54, 1.807) is 0 Å². The highest BCUT2D eigenvalue weighted by Crippen LogP contribution is 2.29. The Kier molecular flexibility index (Phi) is 8.58. The van der Waals surface area contributed by atoms with Crippen molar-refractivity contribution in [3.63, 3.8) is 0 Å². The topological polar surface area (TPSA) is 58.2 Å². The van der Waals surface area contributed by atoms with Crippen LogP contribution in [0.3, 0.4) is 0 Å². The van der Waals surface area contributed by atoms with Crippen molar-refractivity contribution in [3.05, 3.63) is 53.6 Å². The van der Waals surface area contributed by atoms with E-state index in [4.69, 9.17) is 0 Å². The minimum atomic E-state index is -0.203. The summed E-state index contributed by atoms with van der Waals surface area (Å²) in [6, 6.07) is 13.6. The first kappa shape index (κ1) is 22.0. The van der Waals surface area contributed by atoms with Gasteiger partial charge in [-0.25, -0.2) is 0 Å². The highest BCUT2D eigenvalue weighted by molar-refractivity contribution is 8.00. The average molecular weight is 399 g/mol. The van der Waals surface area contributed by atoms with Crippen LogP contribution in [0.5, 0.6) is 0 Å². The van der Waals surface area contributed by atoms with Crippen LogP contribution < -0.4 is 10.6 Å². The number of anilines is 2. The van der Waals surface area contributed by atoms with E-state index >= 15 is 0 Å². The molecule has 0 fully saturated rings. The number of unbranched alkanes of at least 4 members (excludes halogenated alkanes) is 1. The van der Waals surface area contributed by atoms with E-state index in [2.05, 4.69) is 17.6 Å². The van der Waals surface area contributed by atoms with Crippen molar-refractivity contribution >= 4 is 35.0 Å². The summed E-state index contributed by atoms with van der Waals surface area (Å²) in [5.41, 5.74) is 3.88. The van der Waals surface area contributed by atoms with Gasteiger partial charge in [-0.2, -0.15) is 0 Å². The monoisotopic (exact) mass is 398 g/mol. The molecule has 0 spiro atoms. The van der Waals surface area contributed by atoms with E-state index in [1.165, 1.54) is 11.8 Å². The third kappa shape index (κ3) is 6.41. The third-order valence-corrected chi connectivity index (χ3v) is 6.04. The van der Waals surface area contributed by atoms with Gasteiger partial charge in [0.05, 0.1) is 5.25 Å². The van der Waals surface area contributed by atoms with Crippen molar-refractivity contribution in [2.45, 2.75) is 63.5 Å². The summed E-state index contributed by atoms with van der Waals surface area (Å²) >= 11 is 1.52. The lowest BCUT2D eigenvalue weighted by Crippen LogP contribution is -2.25. The van der Waals surface area contributed by atoms with Gasteiger partial charge in [0.15, 0.2) is 0 Å². The maximum absolute atomic E-state index is 12.8. The van der Waals surface area contributed by atoms with Crippen LogP contribution in [0.2, 0.25) is 0 Å². The molecule has 2 aromatic carbocycles. The molecule has 2 amide bonds. The van der Waals surface area contributed by atoms with Gasteiger partial charge in [-0.05, 0) is 62.1 Å². The number of aryl methyl sites for hydroxylation is 1. The number of carbonyl (C=O) groups excluding carboxylic acids is 2. The van der Waals surface area contributed by atoms with E-state index < -0.39 is 0 Å². The molecule has 2 rings (SSSR count). The average Bonchev–Trinajstić information content (AvgIpc) is 2.68. The zero-order valence-corrected chi connectivity index (χ0v) is 18.0. The smallest absolute Gasteiger partial charge is 0.237 e. The Morgan fingerprint density at radius 2 is 1.79 bits per heavy atom. The molecule has 2 aromatic rings. The predicted octanol–water partition coefficient (Wildman–Crippen LogP) is 5.94. The first-order chi connectivity index (χ1) is 13.4. The van der Waals surface area contributed by atoms with Gasteiger partial charge in [0.2, 0.25) is 11.8 Å². The molecule has 0 aliphatic heterocycles. The summed E-state index contributed by atoms with van der Waals surface area (Å²) in [5.74, 6) is 0.0299. The number of benzene rings is 2. The van der Waals surface area contributed by atoms with Crippen LogP contribution in [0.25, 0.3) is 0 Å². The standard InChI is InChI=1S/C23H30N2O2S/c1-5-7-14-22(26)24-18-11-9-12-19(15-18)28-21(6-2)23(27)25-20-13-8-10-16(3)17(20)4/h8-13,15,21H,5-7,14H2,1-4H3,(H,24,26)(H,25,27). The minimum Gasteiger partial charge on any atom is -0.326 e. The van der Waals surface area contributed by atoms with Gasteiger partial charge in [-0.3, -0.25) is 9.59 Å². The molecule has 0 aliphatic carbocycles. The number of carbonyl (C=O) groups is 2. The summed E-state index contributed by atoms with van der Waals surface area (Å²) in [6.45, 7) is 8.14. The van der Waals surface area contributed by atoms with Gasteiger partial charge in [-0.1, -0.05) is 38.5 Å². The molecule has 0 radical (unpaired) electrons. The Bertz CT molecular complexity index is 820. The number of amides is 2. The van der Waals surface area contributed by atoms with Gasteiger partial charge in [0, 0.05) is 22.7 Å². The van der Waals surface area contributed by atoms with E-state index in [0.29, 0.717) is 12.8 Å². The number of rotatable bonds is 9. The number of nitrogens with one attached hydrogen (secondary N) is 2. The lowest BCUT2D eigenvalue weighted by atomic mass is 10.1. The first-order valence-electron chi connectivity index (χ1n) is 9.88. The van der Waals surface area contributed by atoms with Crippen LogP contribution in [0.4, 0.5) is 11.4 Å². The highest BCUT2D eigenvalue weighted by Gasteiger charge is 2.19. The fourth-order valence-electron chi connectivity index (χ4n) is 2.79. The van der Waals surface area contributed by atoms with Gasteiger partial charge in [0.25, 0.3) is 0 Å². The Morgan fingerprint density at radius 1 is 1.04 bits per heavy atom. The second-order valence-electron chi connectivity index (χ2n) is 6.93. The molecule has 0 heterocycles. The molecule has 28 heavy (non-hydrogen) atoms. The van der Waals surface area contributed by atoms with Crippen LogP contribution >= 0.6 is 11.8 Å². The van der Waals surface area contributed by atoms with Crippen molar-refractivity contribution in [2.24, 2.45) is 0 Å². The van der Waals surface area contributed by atoms with Crippen LogP contribution in [0, 0.1) is 13.8 Å². The second-order valence-corrected chi connectivity index (χ2v) is 8.21. The van der Waals surface area contributed by atoms with Gasteiger partial charge in [0.1, 0.15) is 0 Å². The van der Waals surface area contributed by atoms with Crippen LogP contribution in [0.1, 0.15) is 50.7 Å². The molecule has 0 saturated heterocycles. The van der Waals surface area contributed by atoms with Crippen LogP contribution in [-0.4, -0.2) is 17.1 Å². The SMILES string of the molecule is CCCCC(=O)Nc1cccc(SC(CC)C(=O)Nc2cccc(C)c2C)c1. The van der Waals surface area contributed by atoms with Gasteiger partial charge >= 0.3 is 0 Å². The Hall–Kier alpha value is -2.27. The fourth-order valence-corrected chi connectivity index (χ4v) is 3.81. The normalized spacial score (nSPS) is 11.7. The minimum absolute atomic E-state index is 0.00131. The molecule has 0 saturated carbocycles. The van der Waals surface area contributed by atoms with Crippen molar-refractivity contribution < 1.29 is 9.59 Å². The van der Waals surface area contributed by atoms with Crippen molar-refractivity contribution in [1.82, 2.24) is 0 Å². The van der Waals surface area contributed by atoms with Crippen molar-refractivity contribution in [1.29, 1.82) is 0 Å². The van der Waals surface area contributed by atoms with Crippen molar-refractivity contribution in [3.8, 4) is 0 Å². The predicted molar refractivity (Wildman–Crippen MR) is 119 cm³/mol. The summed E-state index contributed by atoms with van der Waals surface area (Å²) in [7, 11) is 0. The van der Waals surface area contributed by atoms with Crippen molar-refractivity contribution in [2.75, 3.05) is 10.6 Å². The Labute approximate surface area is 172 Å². The molecule has 2 N–H and O–H groups in total. The zero-order chi connectivity index (χ0) is 20.5. The molecular formula is C23H30N2O2S. The summed E-state index contributed by atoms with van der Waals surface area (Å²) in [5, 5.41) is 5.80. The number of hydrogen-bond acceptors (Lipinski definition) is 3. The lowest BCUT2D eigenvalue weighted by molar-refractivity contribution is -0.116. The molecule has 1 unspecified atom stereocenters. The third-order valence-electron chi connectivity index (χ3n) is 4.68. The van der Waals surface area contributed by atoms with E-state index in [0.717, 1.165) is 40.2 Å². The lowest BCUT2D eigenvalue weighted by Gasteiger charge is -2.17. The maximum Gasteiger partial charge on any atom is 0.237 e. The first-order valence-corrected chi connectivity index (χ1v) is 10.8. The van der Waals surface area contributed by atoms with Crippen LogP contribution in [-0.2, 0) is 9.59 Å². The molecule has 0 aromatic heterocycles. The highest BCUT2D eigenvalue weighted by atomic mass is 32.2. The molecule has 150 valence electrons. The number of hydrogen-bond donors (Lipinski definition) is 2.